The first-order chi connectivity index (χ1) is 11.7. The minimum absolute atomic E-state index is 0.0251. The summed E-state index contributed by atoms with van der Waals surface area (Å²) in [6.07, 6.45) is 1.96. The Hall–Kier alpha value is -2.33. The molecule has 4 nitrogen and oxygen atoms in total. The second-order valence-corrected chi connectivity index (χ2v) is 6.30. The molecule has 1 aliphatic heterocycles. The van der Waals surface area contributed by atoms with Crippen LogP contribution in [0.5, 0.6) is 5.75 Å². The van der Waals surface area contributed by atoms with E-state index in [1.165, 1.54) is 5.56 Å². The van der Waals surface area contributed by atoms with Crippen LogP contribution in [0.4, 0.5) is 0 Å². The lowest BCUT2D eigenvalue weighted by atomic mass is 10.1. The van der Waals surface area contributed by atoms with Crippen LogP contribution < -0.4 is 15.4 Å². The second-order valence-electron chi connectivity index (χ2n) is 6.30. The highest BCUT2D eigenvalue weighted by Gasteiger charge is 2.16. The Bertz CT molecular complexity index is 694. The molecule has 2 N–H and O–H groups in total. The predicted octanol–water partition coefficient (Wildman–Crippen LogP) is 3.06. The summed E-state index contributed by atoms with van der Waals surface area (Å²) >= 11 is 0. The third-order valence-electron chi connectivity index (χ3n) is 4.26. The first-order valence-corrected chi connectivity index (χ1v) is 8.51. The van der Waals surface area contributed by atoms with Gasteiger partial charge in [-0.15, -0.1) is 0 Å². The maximum atomic E-state index is 12.4. The first-order valence-electron chi connectivity index (χ1n) is 8.51. The van der Waals surface area contributed by atoms with Crippen LogP contribution in [0.15, 0.2) is 48.5 Å². The largest absolute Gasteiger partial charge is 0.489 e. The average molecular weight is 324 g/mol. The van der Waals surface area contributed by atoms with Crippen LogP contribution in [-0.4, -0.2) is 25.0 Å². The number of piperidine rings is 1. The molecule has 1 amide bonds. The minimum Gasteiger partial charge on any atom is -0.489 e. The van der Waals surface area contributed by atoms with Gasteiger partial charge in [-0.25, -0.2) is 0 Å². The van der Waals surface area contributed by atoms with Crippen molar-refractivity contribution in [1.29, 1.82) is 0 Å². The number of nitrogens with one attached hydrogen (secondary N) is 2. The lowest BCUT2D eigenvalue weighted by molar-refractivity contribution is 0.0929. The molecule has 0 radical (unpaired) electrons. The van der Waals surface area contributed by atoms with E-state index in [-0.39, 0.29) is 11.9 Å². The van der Waals surface area contributed by atoms with Crippen LogP contribution >= 0.6 is 0 Å². The third-order valence-corrected chi connectivity index (χ3v) is 4.26. The topological polar surface area (TPSA) is 50.4 Å². The summed E-state index contributed by atoms with van der Waals surface area (Å²) in [5.74, 6) is 0.692. The van der Waals surface area contributed by atoms with Gasteiger partial charge in [0.25, 0.3) is 5.91 Å². The molecule has 3 rings (SSSR count). The van der Waals surface area contributed by atoms with Gasteiger partial charge in [0.15, 0.2) is 0 Å². The van der Waals surface area contributed by atoms with E-state index in [0.717, 1.165) is 37.2 Å². The van der Waals surface area contributed by atoms with E-state index in [0.29, 0.717) is 12.2 Å². The summed E-state index contributed by atoms with van der Waals surface area (Å²) in [5.41, 5.74) is 2.99. The van der Waals surface area contributed by atoms with Gasteiger partial charge in [0.2, 0.25) is 0 Å². The third kappa shape index (κ3) is 4.59. The lowest BCUT2D eigenvalue weighted by Gasteiger charge is -2.23. The van der Waals surface area contributed by atoms with Crippen LogP contribution in [0.3, 0.4) is 0 Å². The highest BCUT2D eigenvalue weighted by Crippen LogP contribution is 2.16. The van der Waals surface area contributed by atoms with Crippen molar-refractivity contribution in [2.24, 2.45) is 0 Å². The monoisotopic (exact) mass is 324 g/mol. The van der Waals surface area contributed by atoms with Gasteiger partial charge in [0.05, 0.1) is 0 Å². The van der Waals surface area contributed by atoms with Crippen LogP contribution in [0.2, 0.25) is 0 Å². The predicted molar refractivity (Wildman–Crippen MR) is 95.3 cm³/mol. The Kier molecular flexibility index (Phi) is 5.49. The normalized spacial score (nSPS) is 15.0. The number of hydrogen-bond donors (Lipinski definition) is 2. The van der Waals surface area contributed by atoms with Crippen LogP contribution in [0.1, 0.15) is 34.3 Å². The molecule has 24 heavy (non-hydrogen) atoms. The van der Waals surface area contributed by atoms with Crippen molar-refractivity contribution in [2.75, 3.05) is 13.1 Å². The fourth-order valence-corrected chi connectivity index (χ4v) is 2.93. The van der Waals surface area contributed by atoms with E-state index in [9.17, 15) is 4.79 Å². The first kappa shape index (κ1) is 16.5. The Morgan fingerprint density at radius 3 is 2.75 bits per heavy atom. The minimum atomic E-state index is -0.0251. The van der Waals surface area contributed by atoms with E-state index >= 15 is 0 Å². The van der Waals surface area contributed by atoms with E-state index < -0.39 is 0 Å². The number of benzene rings is 2. The van der Waals surface area contributed by atoms with E-state index in [1.807, 2.05) is 36.4 Å². The van der Waals surface area contributed by atoms with Crippen molar-refractivity contribution in [3.8, 4) is 5.75 Å². The van der Waals surface area contributed by atoms with Gasteiger partial charge >= 0.3 is 0 Å². The van der Waals surface area contributed by atoms with Crippen molar-refractivity contribution in [3.05, 3.63) is 65.2 Å². The number of hydrogen-bond acceptors (Lipinski definition) is 3. The zero-order valence-electron chi connectivity index (χ0n) is 14.0. The molecule has 1 aliphatic rings. The molecule has 2 aromatic rings. The number of carbonyl (C=O) groups is 1. The summed E-state index contributed by atoms with van der Waals surface area (Å²) in [7, 11) is 0. The molecule has 0 atom stereocenters. The molecule has 2 aromatic carbocycles. The van der Waals surface area contributed by atoms with Gasteiger partial charge in [0.1, 0.15) is 12.4 Å². The molecule has 0 spiro atoms. The van der Waals surface area contributed by atoms with Crippen molar-refractivity contribution < 1.29 is 9.53 Å². The number of carbonyl (C=O) groups excluding carboxylic acids is 1. The van der Waals surface area contributed by atoms with Crippen LogP contribution in [0.25, 0.3) is 0 Å². The van der Waals surface area contributed by atoms with E-state index in [1.54, 1.807) is 0 Å². The molecule has 0 aromatic heterocycles. The quantitative estimate of drug-likeness (QED) is 0.889. The molecule has 0 aliphatic carbocycles. The van der Waals surface area contributed by atoms with Crippen LogP contribution in [-0.2, 0) is 6.61 Å². The molecular weight excluding hydrogens is 300 g/mol. The number of amides is 1. The molecular formula is C20H24N2O2. The maximum Gasteiger partial charge on any atom is 0.251 e. The fraction of sp³-hybridized carbons (Fsp3) is 0.350. The lowest BCUT2D eigenvalue weighted by Crippen LogP contribution is -2.42. The van der Waals surface area contributed by atoms with E-state index in [2.05, 4.69) is 29.7 Å². The number of ether oxygens (including phenoxy) is 1. The molecule has 0 unspecified atom stereocenters. The van der Waals surface area contributed by atoms with Gasteiger partial charge in [-0.2, -0.15) is 0 Å². The number of rotatable bonds is 5. The summed E-state index contributed by atoms with van der Waals surface area (Å²) < 4.78 is 5.84. The molecule has 4 heteroatoms. The van der Waals surface area contributed by atoms with Crippen molar-refractivity contribution in [3.63, 3.8) is 0 Å². The fourth-order valence-electron chi connectivity index (χ4n) is 2.93. The van der Waals surface area contributed by atoms with Gasteiger partial charge in [-0.1, -0.05) is 35.9 Å². The molecule has 1 fully saturated rings. The summed E-state index contributed by atoms with van der Waals surface area (Å²) in [4.78, 5) is 12.4. The number of aryl methyl sites for hydroxylation is 1. The average Bonchev–Trinajstić information content (AvgIpc) is 2.61. The molecule has 1 saturated heterocycles. The zero-order valence-corrected chi connectivity index (χ0v) is 14.0. The molecule has 0 bridgehead atoms. The van der Waals surface area contributed by atoms with Crippen LogP contribution in [0, 0.1) is 6.92 Å². The summed E-state index contributed by atoms with van der Waals surface area (Å²) in [6, 6.07) is 15.9. The molecule has 0 saturated carbocycles. The van der Waals surface area contributed by atoms with Gasteiger partial charge in [0, 0.05) is 11.6 Å². The van der Waals surface area contributed by atoms with Gasteiger partial charge in [-0.3, -0.25) is 4.79 Å². The Balaban J connectivity index is 1.59. The molecule has 1 heterocycles. The zero-order chi connectivity index (χ0) is 16.8. The summed E-state index contributed by atoms with van der Waals surface area (Å²) in [6.45, 7) is 4.49. The standard InChI is InChI=1S/C20H24N2O2/c1-15-4-2-5-16(12-15)14-24-19-7-3-6-17(13-19)20(23)22-18-8-10-21-11-9-18/h2-7,12-13,18,21H,8-11,14H2,1H3,(H,22,23). The highest BCUT2D eigenvalue weighted by atomic mass is 16.5. The van der Waals surface area contributed by atoms with Crippen molar-refractivity contribution >= 4 is 5.91 Å². The second kappa shape index (κ2) is 7.97. The summed E-state index contributed by atoms with van der Waals surface area (Å²) in [5, 5.41) is 6.41. The SMILES string of the molecule is Cc1cccc(COc2cccc(C(=O)NC3CCNCC3)c2)c1. The van der Waals surface area contributed by atoms with Gasteiger partial charge < -0.3 is 15.4 Å². The maximum absolute atomic E-state index is 12.4. The Morgan fingerprint density at radius 1 is 1.17 bits per heavy atom. The Morgan fingerprint density at radius 2 is 1.96 bits per heavy atom. The molecule has 126 valence electrons. The van der Waals surface area contributed by atoms with Crippen molar-refractivity contribution in [1.82, 2.24) is 10.6 Å². The highest BCUT2D eigenvalue weighted by molar-refractivity contribution is 5.94. The van der Waals surface area contributed by atoms with E-state index in [4.69, 9.17) is 4.74 Å². The smallest absolute Gasteiger partial charge is 0.251 e. The van der Waals surface area contributed by atoms with Crippen molar-refractivity contribution in [2.45, 2.75) is 32.4 Å². The van der Waals surface area contributed by atoms with Gasteiger partial charge in [-0.05, 0) is 56.6 Å². The Labute approximate surface area is 143 Å².